The number of nitrogens with zero attached hydrogens (tertiary/aromatic N) is 2. The van der Waals surface area contributed by atoms with E-state index in [1.807, 2.05) is 0 Å². The van der Waals surface area contributed by atoms with Gasteiger partial charge in [-0.1, -0.05) is 37.6 Å². The quantitative estimate of drug-likeness (QED) is 0.521. The van der Waals surface area contributed by atoms with E-state index >= 15 is 0 Å². The van der Waals surface area contributed by atoms with Crippen molar-refractivity contribution in [1.82, 2.24) is 9.97 Å². The largest absolute Gasteiger partial charge is 0.232 e. The number of aryl methyl sites for hydroxylation is 2. The summed E-state index contributed by atoms with van der Waals surface area (Å²) in [6.07, 6.45) is 0.915. The summed E-state index contributed by atoms with van der Waals surface area (Å²) in [6.45, 7) is 8.57. The van der Waals surface area contributed by atoms with Crippen LogP contribution in [0.1, 0.15) is 30.7 Å². The lowest BCUT2D eigenvalue weighted by molar-refractivity contribution is 0.632. The molecule has 0 aliphatic heterocycles. The van der Waals surface area contributed by atoms with E-state index in [1.54, 1.807) is 0 Å². The smallest absolute Gasteiger partial charge is 0.161 e. The third kappa shape index (κ3) is 3.50. The lowest BCUT2D eigenvalue weighted by atomic mass is 10.1. The molecule has 0 amide bonds. The van der Waals surface area contributed by atoms with Crippen LogP contribution in [0.5, 0.6) is 0 Å². The van der Waals surface area contributed by atoms with Gasteiger partial charge in [0.2, 0.25) is 0 Å². The topological polar surface area (TPSA) is 25.8 Å². The van der Waals surface area contributed by atoms with Gasteiger partial charge < -0.3 is 0 Å². The zero-order valence-electron chi connectivity index (χ0n) is 12.2. The molecule has 0 fully saturated rings. The van der Waals surface area contributed by atoms with Crippen LogP contribution in [0.25, 0.3) is 11.4 Å². The van der Waals surface area contributed by atoms with E-state index in [0.29, 0.717) is 16.9 Å². The summed E-state index contributed by atoms with van der Waals surface area (Å²) in [5, 5.41) is 0.546. The van der Waals surface area contributed by atoms with Crippen molar-refractivity contribution in [3.05, 3.63) is 43.7 Å². The number of rotatable bonds is 3. The molecule has 2 aromatic rings. The Labute approximate surface area is 139 Å². The van der Waals surface area contributed by atoms with Gasteiger partial charge in [0.1, 0.15) is 5.15 Å². The van der Waals surface area contributed by atoms with Crippen molar-refractivity contribution >= 4 is 34.2 Å². The van der Waals surface area contributed by atoms with E-state index < -0.39 is 0 Å². The van der Waals surface area contributed by atoms with Crippen LogP contribution in [0.2, 0.25) is 5.15 Å². The van der Waals surface area contributed by atoms with E-state index in [-0.39, 0.29) is 0 Å². The van der Waals surface area contributed by atoms with Crippen molar-refractivity contribution in [1.29, 1.82) is 0 Å². The van der Waals surface area contributed by atoms with Crippen LogP contribution >= 0.6 is 34.2 Å². The van der Waals surface area contributed by atoms with Gasteiger partial charge in [-0.2, -0.15) is 0 Å². The predicted octanol–water partition coefficient (Wildman–Crippen LogP) is 5.22. The summed E-state index contributed by atoms with van der Waals surface area (Å²) in [6, 6.07) is 6.27. The van der Waals surface area contributed by atoms with Crippen LogP contribution in [-0.4, -0.2) is 9.97 Å². The molecule has 0 saturated carbocycles. The van der Waals surface area contributed by atoms with Crippen molar-refractivity contribution in [2.24, 2.45) is 5.92 Å². The molecule has 4 heteroatoms. The highest BCUT2D eigenvalue weighted by Crippen LogP contribution is 2.26. The monoisotopic (exact) mass is 400 g/mol. The Morgan fingerprint density at radius 2 is 1.85 bits per heavy atom. The van der Waals surface area contributed by atoms with E-state index in [4.69, 9.17) is 16.6 Å². The normalized spacial score (nSPS) is 11.2. The Hall–Kier alpha value is -0.680. The second kappa shape index (κ2) is 6.39. The van der Waals surface area contributed by atoms with Gasteiger partial charge in [-0.3, -0.25) is 0 Å². The van der Waals surface area contributed by atoms with Gasteiger partial charge in [-0.15, -0.1) is 0 Å². The first-order chi connectivity index (χ1) is 9.38. The van der Waals surface area contributed by atoms with Crippen LogP contribution in [0, 0.1) is 23.3 Å². The summed E-state index contributed by atoms with van der Waals surface area (Å²) in [5.41, 5.74) is 4.57. The highest BCUT2D eigenvalue weighted by Gasteiger charge is 2.13. The van der Waals surface area contributed by atoms with E-state index in [1.165, 1.54) is 11.1 Å². The third-order valence-corrected chi connectivity index (χ3v) is 4.97. The minimum atomic E-state index is 0.544. The van der Waals surface area contributed by atoms with Gasteiger partial charge >= 0.3 is 0 Å². The maximum absolute atomic E-state index is 6.26. The van der Waals surface area contributed by atoms with Crippen LogP contribution in [0.4, 0.5) is 0 Å². The van der Waals surface area contributed by atoms with Crippen molar-refractivity contribution in [2.75, 3.05) is 0 Å². The summed E-state index contributed by atoms with van der Waals surface area (Å²) in [7, 11) is 0. The van der Waals surface area contributed by atoms with Crippen LogP contribution in [0.15, 0.2) is 18.2 Å². The van der Waals surface area contributed by atoms with Gasteiger partial charge in [0, 0.05) is 5.56 Å². The maximum Gasteiger partial charge on any atom is 0.161 e. The molecule has 106 valence electrons. The molecule has 1 aromatic carbocycles. The summed E-state index contributed by atoms with van der Waals surface area (Å²) >= 11 is 8.49. The van der Waals surface area contributed by atoms with Crippen molar-refractivity contribution in [3.63, 3.8) is 0 Å². The summed E-state index contributed by atoms with van der Waals surface area (Å²) < 4.78 is 0.963. The molecule has 0 bridgehead atoms. The fraction of sp³-hybridized carbons (Fsp3) is 0.375. The zero-order chi connectivity index (χ0) is 14.9. The SMILES string of the molecule is Cc1ccc(-c2nc(Cl)c(I)c(CC(C)C)n2)cc1C. The Morgan fingerprint density at radius 1 is 1.15 bits per heavy atom. The van der Waals surface area contributed by atoms with Gasteiger partial charge in [0.25, 0.3) is 0 Å². The van der Waals surface area contributed by atoms with Crippen molar-refractivity contribution in [3.8, 4) is 11.4 Å². The molecule has 0 radical (unpaired) electrons. The minimum absolute atomic E-state index is 0.544. The molecule has 0 atom stereocenters. The average Bonchev–Trinajstić information content (AvgIpc) is 2.37. The molecule has 1 heterocycles. The lowest BCUT2D eigenvalue weighted by Gasteiger charge is -2.11. The first-order valence-corrected chi connectivity index (χ1v) is 8.13. The second-order valence-electron chi connectivity index (χ2n) is 5.50. The molecular weight excluding hydrogens is 383 g/mol. The Bertz CT molecular complexity index is 639. The fourth-order valence-electron chi connectivity index (χ4n) is 1.99. The Morgan fingerprint density at radius 3 is 2.45 bits per heavy atom. The second-order valence-corrected chi connectivity index (χ2v) is 6.93. The molecule has 0 aliphatic carbocycles. The van der Waals surface area contributed by atoms with Gasteiger partial charge in [0.15, 0.2) is 5.82 Å². The highest BCUT2D eigenvalue weighted by molar-refractivity contribution is 14.1. The number of benzene rings is 1. The molecule has 0 saturated heterocycles. The number of halogens is 2. The van der Waals surface area contributed by atoms with Crippen molar-refractivity contribution in [2.45, 2.75) is 34.1 Å². The number of hydrogen-bond donors (Lipinski definition) is 0. The molecule has 20 heavy (non-hydrogen) atoms. The molecule has 0 N–H and O–H groups in total. The number of aromatic nitrogens is 2. The standard InChI is InChI=1S/C16H18ClIN2/c1-9(2)7-13-14(18)15(17)20-16(19-13)12-6-5-10(3)11(4)8-12/h5-6,8-9H,7H2,1-4H3. The van der Waals surface area contributed by atoms with Crippen LogP contribution < -0.4 is 0 Å². The van der Waals surface area contributed by atoms with E-state index in [2.05, 4.69) is 73.5 Å². The molecule has 0 aliphatic rings. The molecule has 0 spiro atoms. The lowest BCUT2D eigenvalue weighted by Crippen LogP contribution is -2.04. The van der Waals surface area contributed by atoms with E-state index in [9.17, 15) is 0 Å². The number of hydrogen-bond acceptors (Lipinski definition) is 2. The maximum atomic E-state index is 6.26. The minimum Gasteiger partial charge on any atom is -0.232 e. The first kappa shape index (κ1) is 15.7. The first-order valence-electron chi connectivity index (χ1n) is 6.68. The Kier molecular flexibility index (Phi) is 5.02. The van der Waals surface area contributed by atoms with Crippen LogP contribution in [-0.2, 0) is 6.42 Å². The summed E-state index contributed by atoms with van der Waals surface area (Å²) in [4.78, 5) is 9.14. The molecular formula is C16H18ClIN2. The van der Waals surface area contributed by atoms with Gasteiger partial charge in [0.05, 0.1) is 9.26 Å². The summed E-state index contributed by atoms with van der Waals surface area (Å²) in [5.74, 6) is 1.26. The molecule has 1 aromatic heterocycles. The fourth-order valence-corrected chi connectivity index (χ4v) is 2.65. The third-order valence-electron chi connectivity index (χ3n) is 3.25. The highest BCUT2D eigenvalue weighted by atomic mass is 127. The molecule has 2 rings (SSSR count). The zero-order valence-corrected chi connectivity index (χ0v) is 15.1. The van der Waals surface area contributed by atoms with E-state index in [0.717, 1.165) is 21.2 Å². The van der Waals surface area contributed by atoms with Crippen LogP contribution in [0.3, 0.4) is 0 Å². The Balaban J connectivity index is 2.51. The molecule has 0 unspecified atom stereocenters. The van der Waals surface area contributed by atoms with Gasteiger partial charge in [-0.25, -0.2) is 9.97 Å². The van der Waals surface area contributed by atoms with Crippen molar-refractivity contribution < 1.29 is 0 Å². The van der Waals surface area contributed by atoms with Gasteiger partial charge in [-0.05, 0) is 66.0 Å². The predicted molar refractivity (Wildman–Crippen MR) is 93.2 cm³/mol. The molecule has 2 nitrogen and oxygen atoms in total. The average molecular weight is 401 g/mol.